The van der Waals surface area contributed by atoms with E-state index in [1.807, 2.05) is 48.7 Å². The standard InChI is InChI=1S/C21H19BrClN3O/c1-12-7-14(9-16(22)21(12)27-4)19-20(26(3)11-24-19)13-5-6-18-15(8-13)17(23)10-25(18)2/h5-11H,1-4H3. The van der Waals surface area contributed by atoms with Crippen molar-refractivity contribution >= 4 is 38.4 Å². The minimum Gasteiger partial charge on any atom is -0.495 e. The van der Waals surface area contributed by atoms with Gasteiger partial charge < -0.3 is 13.9 Å². The van der Waals surface area contributed by atoms with E-state index in [1.165, 1.54) is 0 Å². The molecule has 2 aromatic carbocycles. The molecule has 0 aliphatic carbocycles. The van der Waals surface area contributed by atoms with Gasteiger partial charge in [0.1, 0.15) is 5.75 Å². The molecule has 0 N–H and O–H groups in total. The number of benzene rings is 2. The third kappa shape index (κ3) is 2.95. The highest BCUT2D eigenvalue weighted by Gasteiger charge is 2.17. The minimum absolute atomic E-state index is 0.751. The fraction of sp³-hybridized carbons (Fsp3) is 0.190. The zero-order valence-electron chi connectivity index (χ0n) is 15.5. The highest BCUT2D eigenvalue weighted by atomic mass is 79.9. The van der Waals surface area contributed by atoms with Crippen LogP contribution in [0.4, 0.5) is 0 Å². The van der Waals surface area contributed by atoms with Gasteiger partial charge in [0.05, 0.1) is 34.3 Å². The molecule has 4 nitrogen and oxygen atoms in total. The van der Waals surface area contributed by atoms with Gasteiger partial charge in [0.2, 0.25) is 0 Å². The van der Waals surface area contributed by atoms with Crippen LogP contribution in [-0.4, -0.2) is 21.2 Å². The zero-order chi connectivity index (χ0) is 19.3. The Labute approximate surface area is 171 Å². The Morgan fingerprint density at radius 1 is 1.07 bits per heavy atom. The highest BCUT2D eigenvalue weighted by molar-refractivity contribution is 9.10. The molecule has 6 heteroatoms. The van der Waals surface area contributed by atoms with Gasteiger partial charge in [-0.25, -0.2) is 4.98 Å². The topological polar surface area (TPSA) is 32.0 Å². The van der Waals surface area contributed by atoms with Gasteiger partial charge >= 0.3 is 0 Å². The van der Waals surface area contributed by atoms with Crippen molar-refractivity contribution in [1.29, 1.82) is 0 Å². The zero-order valence-corrected chi connectivity index (χ0v) is 17.9. The molecule has 0 aliphatic heterocycles. The van der Waals surface area contributed by atoms with Crippen LogP contribution in [0, 0.1) is 6.92 Å². The fourth-order valence-corrected chi connectivity index (χ4v) is 4.62. The summed E-state index contributed by atoms with van der Waals surface area (Å²) in [5.41, 5.74) is 6.25. The second-order valence-corrected chi connectivity index (χ2v) is 7.94. The average Bonchev–Trinajstić information content (AvgIpc) is 3.14. The third-order valence-electron chi connectivity index (χ3n) is 4.86. The molecular weight excluding hydrogens is 426 g/mol. The fourth-order valence-electron chi connectivity index (χ4n) is 3.60. The van der Waals surface area contributed by atoms with E-state index in [0.29, 0.717) is 0 Å². The number of imidazole rings is 1. The number of fused-ring (bicyclic) bond motifs is 1. The van der Waals surface area contributed by atoms with Crippen LogP contribution in [0.25, 0.3) is 33.4 Å². The summed E-state index contributed by atoms with van der Waals surface area (Å²) in [6, 6.07) is 10.5. The number of aromatic nitrogens is 3. The summed E-state index contributed by atoms with van der Waals surface area (Å²) in [6.45, 7) is 2.03. The van der Waals surface area contributed by atoms with Gasteiger partial charge in [0.15, 0.2) is 0 Å². The molecule has 4 aromatic rings. The molecule has 0 aliphatic rings. The summed E-state index contributed by atoms with van der Waals surface area (Å²) in [7, 11) is 5.69. The van der Waals surface area contributed by atoms with Crippen molar-refractivity contribution in [3.63, 3.8) is 0 Å². The Morgan fingerprint density at radius 3 is 2.56 bits per heavy atom. The molecule has 4 rings (SSSR count). The molecule has 0 saturated heterocycles. The van der Waals surface area contributed by atoms with Crippen molar-refractivity contribution in [2.75, 3.05) is 7.11 Å². The summed E-state index contributed by atoms with van der Waals surface area (Å²) in [6.07, 6.45) is 3.78. The van der Waals surface area contributed by atoms with Gasteiger partial charge in [-0.3, -0.25) is 0 Å². The van der Waals surface area contributed by atoms with Crippen molar-refractivity contribution in [2.24, 2.45) is 14.1 Å². The van der Waals surface area contributed by atoms with Crippen molar-refractivity contribution in [3.05, 3.63) is 57.9 Å². The number of ether oxygens (including phenoxy) is 1. The summed E-state index contributed by atoms with van der Waals surface area (Å²) < 4.78 is 10.5. The van der Waals surface area contributed by atoms with Crippen LogP contribution in [0.1, 0.15) is 5.56 Å². The monoisotopic (exact) mass is 443 g/mol. The van der Waals surface area contributed by atoms with Crippen LogP contribution >= 0.6 is 27.5 Å². The Morgan fingerprint density at radius 2 is 1.85 bits per heavy atom. The van der Waals surface area contributed by atoms with E-state index in [-0.39, 0.29) is 0 Å². The second kappa shape index (κ2) is 6.73. The molecule has 2 aromatic heterocycles. The third-order valence-corrected chi connectivity index (χ3v) is 5.75. The molecule has 0 atom stereocenters. The molecule has 0 spiro atoms. The largest absolute Gasteiger partial charge is 0.495 e. The van der Waals surface area contributed by atoms with Gasteiger partial charge in [0, 0.05) is 42.3 Å². The van der Waals surface area contributed by atoms with Crippen LogP contribution in [0.15, 0.2) is 47.3 Å². The van der Waals surface area contributed by atoms with Crippen molar-refractivity contribution in [1.82, 2.24) is 14.1 Å². The van der Waals surface area contributed by atoms with Crippen LogP contribution in [0.5, 0.6) is 5.75 Å². The average molecular weight is 445 g/mol. The number of aryl methyl sites for hydroxylation is 3. The van der Waals surface area contributed by atoms with Crippen LogP contribution in [0.2, 0.25) is 5.02 Å². The van der Waals surface area contributed by atoms with E-state index >= 15 is 0 Å². The van der Waals surface area contributed by atoms with Crippen LogP contribution < -0.4 is 4.74 Å². The molecule has 0 radical (unpaired) electrons. The normalized spacial score (nSPS) is 11.3. The van der Waals surface area contributed by atoms with E-state index in [1.54, 1.807) is 7.11 Å². The van der Waals surface area contributed by atoms with Gasteiger partial charge in [-0.05, 0) is 52.7 Å². The number of rotatable bonds is 3. The summed E-state index contributed by atoms with van der Waals surface area (Å²) in [5.74, 6) is 0.841. The summed E-state index contributed by atoms with van der Waals surface area (Å²) >= 11 is 10.0. The molecule has 27 heavy (non-hydrogen) atoms. The van der Waals surface area contributed by atoms with Gasteiger partial charge in [-0.15, -0.1) is 0 Å². The smallest absolute Gasteiger partial charge is 0.135 e. The SMILES string of the molecule is COc1c(C)cc(-c2ncn(C)c2-c2ccc3c(c2)c(Cl)cn3C)cc1Br. The number of methoxy groups -OCH3 is 1. The molecule has 0 bridgehead atoms. The summed E-state index contributed by atoms with van der Waals surface area (Å²) in [5, 5.41) is 1.79. The van der Waals surface area contributed by atoms with Crippen molar-refractivity contribution in [2.45, 2.75) is 6.92 Å². The van der Waals surface area contributed by atoms with Crippen LogP contribution in [-0.2, 0) is 14.1 Å². The highest BCUT2D eigenvalue weighted by Crippen LogP contribution is 2.38. The maximum Gasteiger partial charge on any atom is 0.135 e. The quantitative estimate of drug-likeness (QED) is 0.389. The predicted octanol–water partition coefficient (Wildman–Crippen LogP) is 5.98. The predicted molar refractivity (Wildman–Crippen MR) is 115 cm³/mol. The number of halogens is 2. The maximum absolute atomic E-state index is 6.42. The Hall–Kier alpha value is -2.24. The van der Waals surface area contributed by atoms with E-state index in [4.69, 9.17) is 16.3 Å². The molecule has 0 unspecified atom stereocenters. The molecule has 138 valence electrons. The second-order valence-electron chi connectivity index (χ2n) is 6.68. The first-order chi connectivity index (χ1) is 12.9. The maximum atomic E-state index is 6.42. The first kappa shape index (κ1) is 18.1. The van der Waals surface area contributed by atoms with Gasteiger partial charge in [0.25, 0.3) is 0 Å². The van der Waals surface area contributed by atoms with E-state index in [9.17, 15) is 0 Å². The van der Waals surface area contributed by atoms with Gasteiger partial charge in [-0.2, -0.15) is 0 Å². The van der Waals surface area contributed by atoms with E-state index < -0.39 is 0 Å². The lowest BCUT2D eigenvalue weighted by Crippen LogP contribution is -1.94. The lowest BCUT2D eigenvalue weighted by atomic mass is 10.0. The Balaban J connectivity index is 1.92. The van der Waals surface area contributed by atoms with Crippen LogP contribution in [0.3, 0.4) is 0 Å². The van der Waals surface area contributed by atoms with Gasteiger partial charge in [-0.1, -0.05) is 17.7 Å². The molecule has 0 saturated carbocycles. The lowest BCUT2D eigenvalue weighted by molar-refractivity contribution is 0.409. The first-order valence-electron chi connectivity index (χ1n) is 8.51. The van der Waals surface area contributed by atoms with E-state index in [0.717, 1.165) is 54.2 Å². The molecule has 2 heterocycles. The molecular formula is C21H19BrClN3O. The molecule has 0 fully saturated rings. The van der Waals surface area contributed by atoms with Crippen molar-refractivity contribution in [3.8, 4) is 28.3 Å². The van der Waals surface area contributed by atoms with Crippen molar-refractivity contribution < 1.29 is 4.74 Å². The number of hydrogen-bond donors (Lipinski definition) is 0. The number of nitrogens with zero attached hydrogens (tertiary/aromatic N) is 3. The lowest BCUT2D eigenvalue weighted by Gasteiger charge is -2.12. The first-order valence-corrected chi connectivity index (χ1v) is 9.68. The molecule has 0 amide bonds. The number of hydrogen-bond acceptors (Lipinski definition) is 2. The minimum atomic E-state index is 0.751. The Kier molecular flexibility index (Phi) is 4.52. The van der Waals surface area contributed by atoms with E-state index in [2.05, 4.69) is 45.2 Å². The Bertz CT molecular complexity index is 1150. The summed E-state index contributed by atoms with van der Waals surface area (Å²) in [4.78, 5) is 4.67.